The lowest BCUT2D eigenvalue weighted by atomic mass is 9.85. The van der Waals surface area contributed by atoms with Crippen molar-refractivity contribution >= 4 is 6.16 Å². The summed E-state index contributed by atoms with van der Waals surface area (Å²) in [5, 5.41) is 0. The van der Waals surface area contributed by atoms with Crippen LogP contribution in [0.2, 0.25) is 0 Å². The Morgan fingerprint density at radius 1 is 1.36 bits per heavy atom. The van der Waals surface area contributed by atoms with Gasteiger partial charge in [0.05, 0.1) is 18.9 Å². The molecule has 4 nitrogen and oxygen atoms in total. The molecule has 4 heteroatoms. The van der Waals surface area contributed by atoms with Gasteiger partial charge in [0.1, 0.15) is 0 Å². The van der Waals surface area contributed by atoms with E-state index in [2.05, 4.69) is 9.58 Å². The Kier molecular flexibility index (Phi) is 3.93. The third kappa shape index (κ3) is 2.91. The molecule has 0 aliphatic rings. The molecule has 0 aromatic rings. The SMILES string of the molecule is [C-]#[N+]C(C)(OC(=O)OCC)C(C)(C)C. The lowest BCUT2D eigenvalue weighted by molar-refractivity contribution is -0.0539. The molecule has 1 unspecified atom stereocenters. The minimum atomic E-state index is -1.18. The molecule has 0 radical (unpaired) electrons. The van der Waals surface area contributed by atoms with Gasteiger partial charge in [-0.1, -0.05) is 0 Å². The Morgan fingerprint density at radius 3 is 2.14 bits per heavy atom. The summed E-state index contributed by atoms with van der Waals surface area (Å²) >= 11 is 0. The van der Waals surface area contributed by atoms with Gasteiger partial charge in [0.2, 0.25) is 0 Å². The summed E-state index contributed by atoms with van der Waals surface area (Å²) < 4.78 is 9.61. The minimum absolute atomic E-state index is 0.247. The van der Waals surface area contributed by atoms with Crippen molar-refractivity contribution in [1.82, 2.24) is 0 Å². The molecule has 0 bridgehead atoms. The smallest absolute Gasteiger partial charge is 0.434 e. The van der Waals surface area contributed by atoms with Gasteiger partial charge in [0, 0.05) is 0 Å². The molecule has 0 aromatic heterocycles. The first-order valence-corrected chi connectivity index (χ1v) is 4.51. The molecule has 0 aliphatic heterocycles. The Hall–Kier alpha value is -1.24. The molecule has 0 aromatic carbocycles. The van der Waals surface area contributed by atoms with Crippen molar-refractivity contribution in [2.45, 2.75) is 40.3 Å². The van der Waals surface area contributed by atoms with E-state index in [4.69, 9.17) is 11.3 Å². The minimum Gasteiger partial charge on any atom is -0.434 e. The van der Waals surface area contributed by atoms with Crippen LogP contribution in [0.4, 0.5) is 4.79 Å². The topological polar surface area (TPSA) is 39.9 Å². The van der Waals surface area contributed by atoms with Crippen molar-refractivity contribution in [2.75, 3.05) is 6.61 Å². The molecule has 0 N–H and O–H groups in total. The van der Waals surface area contributed by atoms with Gasteiger partial charge in [0.25, 0.3) is 0 Å². The van der Waals surface area contributed by atoms with E-state index in [-0.39, 0.29) is 6.61 Å². The summed E-state index contributed by atoms with van der Waals surface area (Å²) in [5.74, 6) is 0. The summed E-state index contributed by atoms with van der Waals surface area (Å²) in [7, 11) is 0. The lowest BCUT2D eigenvalue weighted by Gasteiger charge is -2.28. The van der Waals surface area contributed by atoms with Crippen molar-refractivity contribution in [3.8, 4) is 0 Å². The van der Waals surface area contributed by atoms with Gasteiger partial charge in [0.15, 0.2) is 0 Å². The molecule has 1 atom stereocenters. The van der Waals surface area contributed by atoms with Gasteiger partial charge in [-0.15, -0.1) is 0 Å². The third-order valence-electron chi connectivity index (χ3n) is 2.15. The molecule has 0 saturated heterocycles. The molecular weight excluding hydrogens is 182 g/mol. The van der Waals surface area contributed by atoms with Gasteiger partial charge in [-0.2, -0.15) is 0 Å². The monoisotopic (exact) mass is 199 g/mol. The first-order valence-electron chi connectivity index (χ1n) is 4.51. The van der Waals surface area contributed by atoms with Crippen LogP contribution in [0.5, 0.6) is 0 Å². The normalized spacial score (nSPS) is 15.1. The maximum absolute atomic E-state index is 11.1. The van der Waals surface area contributed by atoms with Crippen molar-refractivity contribution < 1.29 is 14.3 Å². The first-order chi connectivity index (χ1) is 6.27. The third-order valence-corrected chi connectivity index (χ3v) is 2.15. The van der Waals surface area contributed by atoms with Crippen LogP contribution >= 0.6 is 0 Å². The number of nitrogens with zero attached hydrogens (tertiary/aromatic N) is 1. The maximum atomic E-state index is 11.1. The number of hydrogen-bond donors (Lipinski definition) is 0. The van der Waals surface area contributed by atoms with Crippen molar-refractivity contribution in [3.05, 3.63) is 11.4 Å². The number of carbonyl (C=O) groups excluding carboxylic acids is 1. The van der Waals surface area contributed by atoms with E-state index in [0.717, 1.165) is 0 Å². The van der Waals surface area contributed by atoms with Crippen LogP contribution in [0.25, 0.3) is 4.85 Å². The predicted molar refractivity (Wildman–Crippen MR) is 52.6 cm³/mol. The fraction of sp³-hybridized carbons (Fsp3) is 0.800. The average molecular weight is 199 g/mol. The van der Waals surface area contributed by atoms with Gasteiger partial charge >= 0.3 is 11.9 Å². The Labute approximate surface area is 85.0 Å². The summed E-state index contributed by atoms with van der Waals surface area (Å²) in [6.07, 6.45) is -0.791. The molecule has 0 heterocycles. The Morgan fingerprint density at radius 2 is 1.86 bits per heavy atom. The highest BCUT2D eigenvalue weighted by Crippen LogP contribution is 2.35. The van der Waals surface area contributed by atoms with Crippen LogP contribution in [-0.2, 0) is 9.47 Å². The zero-order chi connectivity index (χ0) is 11.4. The van der Waals surface area contributed by atoms with E-state index in [1.165, 1.54) is 0 Å². The van der Waals surface area contributed by atoms with E-state index in [1.54, 1.807) is 13.8 Å². The second kappa shape index (κ2) is 4.32. The van der Waals surface area contributed by atoms with E-state index >= 15 is 0 Å². The molecule has 14 heavy (non-hydrogen) atoms. The number of carbonyl (C=O) groups is 1. The van der Waals surface area contributed by atoms with Crippen molar-refractivity contribution in [1.29, 1.82) is 0 Å². The molecule has 0 saturated carbocycles. The van der Waals surface area contributed by atoms with Gasteiger partial charge in [-0.05, 0) is 27.7 Å². The van der Waals surface area contributed by atoms with Crippen LogP contribution in [0, 0.1) is 12.0 Å². The highest BCUT2D eigenvalue weighted by molar-refractivity contribution is 5.60. The average Bonchev–Trinajstić information content (AvgIpc) is 2.02. The fourth-order valence-electron chi connectivity index (χ4n) is 0.653. The number of ether oxygens (including phenoxy) is 2. The molecule has 0 fully saturated rings. The molecule has 80 valence electrons. The van der Waals surface area contributed by atoms with Gasteiger partial charge < -0.3 is 9.47 Å². The largest absolute Gasteiger partial charge is 0.514 e. The molecule has 0 amide bonds. The summed E-state index contributed by atoms with van der Waals surface area (Å²) in [4.78, 5) is 14.4. The van der Waals surface area contributed by atoms with Crippen LogP contribution in [0.1, 0.15) is 34.6 Å². The second-order valence-electron chi connectivity index (χ2n) is 4.13. The first kappa shape index (κ1) is 12.8. The number of rotatable bonds is 2. The molecule has 0 spiro atoms. The standard InChI is InChI=1S/C10H17NO3/c1-7-13-8(12)14-10(5,11-6)9(2,3)4/h7H2,1-5H3. The van der Waals surface area contributed by atoms with Crippen LogP contribution in [0.15, 0.2) is 0 Å². The van der Waals surface area contributed by atoms with Crippen LogP contribution in [-0.4, -0.2) is 18.5 Å². The lowest BCUT2D eigenvalue weighted by Crippen LogP contribution is -2.41. The summed E-state index contributed by atoms with van der Waals surface area (Å²) in [5.41, 5.74) is -1.62. The summed E-state index contributed by atoms with van der Waals surface area (Å²) in [6.45, 7) is 16.1. The van der Waals surface area contributed by atoms with Crippen LogP contribution < -0.4 is 0 Å². The Balaban J connectivity index is 4.60. The predicted octanol–water partition coefficient (Wildman–Crippen LogP) is 2.84. The highest BCUT2D eigenvalue weighted by Gasteiger charge is 2.48. The van der Waals surface area contributed by atoms with Crippen molar-refractivity contribution in [3.63, 3.8) is 0 Å². The van der Waals surface area contributed by atoms with E-state index < -0.39 is 17.3 Å². The quantitative estimate of drug-likeness (QED) is 0.507. The van der Waals surface area contributed by atoms with Crippen molar-refractivity contribution in [2.24, 2.45) is 5.41 Å². The molecule has 0 rings (SSSR count). The van der Waals surface area contributed by atoms with E-state index in [1.807, 2.05) is 20.8 Å². The highest BCUT2D eigenvalue weighted by atomic mass is 16.7. The van der Waals surface area contributed by atoms with Gasteiger partial charge in [-0.3, -0.25) is 4.85 Å². The van der Waals surface area contributed by atoms with Crippen LogP contribution in [0.3, 0.4) is 0 Å². The van der Waals surface area contributed by atoms with E-state index in [9.17, 15) is 4.79 Å². The zero-order valence-corrected chi connectivity index (χ0v) is 9.38. The van der Waals surface area contributed by atoms with Gasteiger partial charge in [-0.25, -0.2) is 11.4 Å². The zero-order valence-electron chi connectivity index (χ0n) is 9.38. The fourth-order valence-corrected chi connectivity index (χ4v) is 0.653. The number of hydrogen-bond acceptors (Lipinski definition) is 3. The molecule has 0 aliphatic carbocycles. The maximum Gasteiger partial charge on any atom is 0.514 e. The second-order valence-corrected chi connectivity index (χ2v) is 4.13. The Bertz CT molecular complexity index is 249. The summed E-state index contributed by atoms with van der Waals surface area (Å²) in [6, 6.07) is 0. The van der Waals surface area contributed by atoms with E-state index in [0.29, 0.717) is 0 Å². The molecular formula is C10H17NO3.